The Balaban J connectivity index is 1.71. The Morgan fingerprint density at radius 1 is 1.10 bits per heavy atom. The SMILES string of the molecule is O=C(c1ccccc1)C1CCCN(C(=O)c2ccco2)C1. The summed E-state index contributed by atoms with van der Waals surface area (Å²) in [6, 6.07) is 12.6. The number of hydrogen-bond acceptors (Lipinski definition) is 3. The molecule has 1 unspecified atom stereocenters. The molecule has 1 aliphatic rings. The molecule has 0 aliphatic carbocycles. The molecule has 0 N–H and O–H groups in total. The number of Topliss-reactive ketones (excluding diaryl/α,β-unsaturated/α-hetero) is 1. The van der Waals surface area contributed by atoms with Gasteiger partial charge in [-0.3, -0.25) is 9.59 Å². The maximum atomic E-state index is 12.5. The van der Waals surface area contributed by atoms with E-state index in [9.17, 15) is 9.59 Å². The maximum absolute atomic E-state index is 12.5. The molecule has 2 aromatic rings. The number of amides is 1. The monoisotopic (exact) mass is 283 g/mol. The fourth-order valence-electron chi connectivity index (χ4n) is 2.77. The Bertz CT molecular complexity index is 619. The van der Waals surface area contributed by atoms with Gasteiger partial charge in [0.25, 0.3) is 5.91 Å². The lowest BCUT2D eigenvalue weighted by atomic mass is 9.90. The Morgan fingerprint density at radius 2 is 1.90 bits per heavy atom. The number of rotatable bonds is 3. The number of nitrogens with zero attached hydrogens (tertiary/aromatic N) is 1. The first-order valence-electron chi connectivity index (χ1n) is 7.18. The topological polar surface area (TPSA) is 50.5 Å². The van der Waals surface area contributed by atoms with E-state index in [0.717, 1.165) is 18.4 Å². The van der Waals surface area contributed by atoms with E-state index in [1.165, 1.54) is 6.26 Å². The predicted octanol–water partition coefficient (Wildman–Crippen LogP) is 3.01. The highest BCUT2D eigenvalue weighted by molar-refractivity contribution is 5.98. The van der Waals surface area contributed by atoms with Crippen molar-refractivity contribution >= 4 is 11.7 Å². The van der Waals surface area contributed by atoms with Crippen molar-refractivity contribution in [1.29, 1.82) is 0 Å². The van der Waals surface area contributed by atoms with Crippen molar-refractivity contribution in [3.63, 3.8) is 0 Å². The van der Waals surface area contributed by atoms with Crippen LogP contribution >= 0.6 is 0 Å². The van der Waals surface area contributed by atoms with E-state index < -0.39 is 0 Å². The third-order valence-corrected chi connectivity index (χ3v) is 3.87. The maximum Gasteiger partial charge on any atom is 0.289 e. The second-order valence-electron chi connectivity index (χ2n) is 5.30. The van der Waals surface area contributed by atoms with E-state index in [-0.39, 0.29) is 17.6 Å². The van der Waals surface area contributed by atoms with Gasteiger partial charge in [-0.05, 0) is 25.0 Å². The molecule has 4 nitrogen and oxygen atoms in total. The van der Waals surface area contributed by atoms with Crippen LogP contribution in [0.1, 0.15) is 33.8 Å². The van der Waals surface area contributed by atoms with Gasteiger partial charge in [-0.25, -0.2) is 0 Å². The molecule has 0 radical (unpaired) electrons. The van der Waals surface area contributed by atoms with Gasteiger partial charge in [-0.2, -0.15) is 0 Å². The molecule has 1 atom stereocenters. The van der Waals surface area contributed by atoms with Crippen LogP contribution in [-0.2, 0) is 0 Å². The largest absolute Gasteiger partial charge is 0.459 e. The van der Waals surface area contributed by atoms with Crippen LogP contribution in [0.25, 0.3) is 0 Å². The minimum Gasteiger partial charge on any atom is -0.459 e. The number of likely N-dealkylation sites (tertiary alicyclic amines) is 1. The molecule has 1 aromatic heterocycles. The molecule has 108 valence electrons. The Hall–Kier alpha value is -2.36. The quantitative estimate of drug-likeness (QED) is 0.814. The van der Waals surface area contributed by atoms with Crippen LogP contribution in [0.5, 0.6) is 0 Å². The molecule has 0 bridgehead atoms. The summed E-state index contributed by atoms with van der Waals surface area (Å²) in [5.74, 6) is 0.195. The summed E-state index contributed by atoms with van der Waals surface area (Å²) in [6.45, 7) is 1.14. The summed E-state index contributed by atoms with van der Waals surface area (Å²) in [5, 5.41) is 0. The Kier molecular flexibility index (Phi) is 3.86. The zero-order valence-corrected chi connectivity index (χ0v) is 11.7. The first-order valence-corrected chi connectivity index (χ1v) is 7.18. The van der Waals surface area contributed by atoms with E-state index in [4.69, 9.17) is 4.42 Å². The van der Waals surface area contributed by atoms with Gasteiger partial charge in [0, 0.05) is 24.6 Å². The van der Waals surface area contributed by atoms with Crippen molar-refractivity contribution in [3.05, 3.63) is 60.1 Å². The lowest BCUT2D eigenvalue weighted by molar-refractivity contribution is 0.0610. The highest BCUT2D eigenvalue weighted by Gasteiger charge is 2.30. The molecule has 3 rings (SSSR count). The lowest BCUT2D eigenvalue weighted by Crippen LogP contribution is -2.42. The van der Waals surface area contributed by atoms with Crippen LogP contribution in [0.4, 0.5) is 0 Å². The summed E-state index contributed by atoms with van der Waals surface area (Å²) in [4.78, 5) is 26.5. The first-order chi connectivity index (χ1) is 10.3. The van der Waals surface area contributed by atoms with Gasteiger partial charge in [0.05, 0.1) is 6.26 Å². The molecule has 4 heteroatoms. The minimum absolute atomic E-state index is 0.118. The van der Waals surface area contributed by atoms with Gasteiger partial charge >= 0.3 is 0 Å². The molecule has 1 aromatic carbocycles. The van der Waals surface area contributed by atoms with E-state index in [1.54, 1.807) is 17.0 Å². The molecular weight excluding hydrogens is 266 g/mol. The number of benzene rings is 1. The molecule has 1 fully saturated rings. The molecule has 1 saturated heterocycles. The van der Waals surface area contributed by atoms with E-state index in [0.29, 0.717) is 18.8 Å². The minimum atomic E-state index is -0.134. The van der Waals surface area contributed by atoms with Crippen molar-refractivity contribution in [3.8, 4) is 0 Å². The normalized spacial score (nSPS) is 18.5. The number of furan rings is 1. The Labute approximate surface area is 123 Å². The number of hydrogen-bond donors (Lipinski definition) is 0. The van der Waals surface area contributed by atoms with Crippen LogP contribution in [0.2, 0.25) is 0 Å². The van der Waals surface area contributed by atoms with Gasteiger partial charge in [0.15, 0.2) is 11.5 Å². The molecule has 1 amide bonds. The van der Waals surface area contributed by atoms with Crippen LogP contribution in [-0.4, -0.2) is 29.7 Å². The summed E-state index contributed by atoms with van der Waals surface area (Å²) < 4.78 is 5.15. The van der Waals surface area contributed by atoms with Crippen molar-refractivity contribution in [2.75, 3.05) is 13.1 Å². The predicted molar refractivity (Wildman–Crippen MR) is 78.1 cm³/mol. The summed E-state index contributed by atoms with van der Waals surface area (Å²) in [6.07, 6.45) is 3.16. The van der Waals surface area contributed by atoms with E-state index in [1.807, 2.05) is 30.3 Å². The van der Waals surface area contributed by atoms with Crippen LogP contribution in [0.3, 0.4) is 0 Å². The Morgan fingerprint density at radius 3 is 2.62 bits per heavy atom. The van der Waals surface area contributed by atoms with Crippen LogP contribution in [0.15, 0.2) is 53.1 Å². The molecule has 1 aliphatic heterocycles. The lowest BCUT2D eigenvalue weighted by Gasteiger charge is -2.31. The second kappa shape index (κ2) is 5.95. The van der Waals surface area contributed by atoms with Gasteiger partial charge in [-0.15, -0.1) is 0 Å². The second-order valence-corrected chi connectivity index (χ2v) is 5.30. The molecule has 21 heavy (non-hydrogen) atoms. The van der Waals surface area contributed by atoms with Crippen molar-refractivity contribution in [1.82, 2.24) is 4.90 Å². The fourth-order valence-corrected chi connectivity index (χ4v) is 2.77. The van der Waals surface area contributed by atoms with E-state index in [2.05, 4.69) is 0 Å². The standard InChI is InChI=1S/C17H17NO3/c19-16(13-6-2-1-3-7-13)14-8-4-10-18(12-14)17(20)15-9-5-11-21-15/h1-3,5-7,9,11,14H,4,8,10,12H2. The first kappa shape index (κ1) is 13.6. The fraction of sp³-hybridized carbons (Fsp3) is 0.294. The summed E-state index contributed by atoms with van der Waals surface area (Å²) in [5.41, 5.74) is 0.717. The third-order valence-electron chi connectivity index (χ3n) is 3.87. The molecule has 2 heterocycles. The van der Waals surface area contributed by atoms with Gasteiger partial charge in [-0.1, -0.05) is 30.3 Å². The molecule has 0 saturated carbocycles. The number of carbonyl (C=O) groups is 2. The number of carbonyl (C=O) groups excluding carboxylic acids is 2. The smallest absolute Gasteiger partial charge is 0.289 e. The third kappa shape index (κ3) is 2.89. The van der Waals surface area contributed by atoms with Crippen LogP contribution in [0, 0.1) is 5.92 Å². The van der Waals surface area contributed by atoms with Crippen molar-refractivity contribution in [2.45, 2.75) is 12.8 Å². The van der Waals surface area contributed by atoms with Crippen molar-refractivity contribution in [2.24, 2.45) is 5.92 Å². The van der Waals surface area contributed by atoms with Crippen molar-refractivity contribution < 1.29 is 14.0 Å². The van der Waals surface area contributed by atoms with Gasteiger partial charge in [0.1, 0.15) is 0 Å². The molecular formula is C17H17NO3. The highest BCUT2D eigenvalue weighted by Crippen LogP contribution is 2.22. The average Bonchev–Trinajstić information content (AvgIpc) is 3.09. The zero-order chi connectivity index (χ0) is 14.7. The summed E-state index contributed by atoms with van der Waals surface area (Å²) in [7, 11) is 0. The van der Waals surface area contributed by atoms with Crippen LogP contribution < -0.4 is 0 Å². The number of ketones is 1. The number of piperidine rings is 1. The average molecular weight is 283 g/mol. The van der Waals surface area contributed by atoms with Gasteiger partial charge in [0.2, 0.25) is 0 Å². The van der Waals surface area contributed by atoms with E-state index >= 15 is 0 Å². The van der Waals surface area contributed by atoms with Gasteiger partial charge < -0.3 is 9.32 Å². The summed E-state index contributed by atoms with van der Waals surface area (Å²) >= 11 is 0. The highest BCUT2D eigenvalue weighted by atomic mass is 16.3. The molecule has 0 spiro atoms. The zero-order valence-electron chi connectivity index (χ0n) is 11.7.